The van der Waals surface area contributed by atoms with Crippen molar-refractivity contribution in [3.63, 3.8) is 0 Å². The normalized spacial score (nSPS) is 14.1. The summed E-state index contributed by atoms with van der Waals surface area (Å²) in [6.07, 6.45) is 1.70. The van der Waals surface area contributed by atoms with Gasteiger partial charge in [-0.1, -0.05) is 62.7 Å². The van der Waals surface area contributed by atoms with Crippen molar-refractivity contribution in [2.45, 2.75) is 75.4 Å². The quantitative estimate of drug-likeness (QED) is 0.370. The number of benzene rings is 1. The average Bonchev–Trinajstić information content (AvgIpc) is 2.60. The fourth-order valence-corrected chi connectivity index (χ4v) is 4.93. The molecule has 0 amide bonds. The van der Waals surface area contributed by atoms with E-state index in [0.717, 1.165) is 5.56 Å². The molecule has 0 aliphatic heterocycles. The highest BCUT2D eigenvalue weighted by Gasteiger charge is 2.38. The number of thioether (sulfide) groups is 1. The Bertz CT molecular complexity index is 886. The summed E-state index contributed by atoms with van der Waals surface area (Å²) in [6.45, 7) is 17.6. The monoisotopic (exact) mass is 452 g/mol. The first-order valence-electron chi connectivity index (χ1n) is 9.88. The predicted molar refractivity (Wildman–Crippen MR) is 127 cm³/mol. The standard InChI is InChI=1S/C22H33ClN2O2SSi/c1-21(2,3)25-20(26)19(23)17(14-24-25)28-18(16-12-10-9-11-13-16)15-27-29(7,8)22(4,5)6/h9-14,18H,15H2,1-8H3. The van der Waals surface area contributed by atoms with Crippen LogP contribution in [0.5, 0.6) is 0 Å². The number of hydrogen-bond donors (Lipinski definition) is 0. The molecular weight excluding hydrogens is 420 g/mol. The zero-order chi connectivity index (χ0) is 22.0. The van der Waals surface area contributed by atoms with E-state index in [9.17, 15) is 4.79 Å². The molecule has 0 aliphatic rings. The van der Waals surface area contributed by atoms with Crippen LogP contribution in [-0.2, 0) is 9.96 Å². The molecule has 7 heteroatoms. The minimum Gasteiger partial charge on any atom is -0.415 e. The number of halogens is 1. The molecule has 0 bridgehead atoms. The van der Waals surface area contributed by atoms with Crippen LogP contribution in [0.1, 0.15) is 52.4 Å². The third-order valence-electron chi connectivity index (χ3n) is 5.36. The number of aromatic nitrogens is 2. The maximum Gasteiger partial charge on any atom is 0.287 e. The van der Waals surface area contributed by atoms with Gasteiger partial charge in [0.05, 0.1) is 28.5 Å². The summed E-state index contributed by atoms with van der Waals surface area (Å²) < 4.78 is 7.94. The summed E-state index contributed by atoms with van der Waals surface area (Å²) in [5, 5.41) is 4.74. The van der Waals surface area contributed by atoms with Gasteiger partial charge >= 0.3 is 0 Å². The first kappa shape index (κ1) is 24.2. The number of hydrogen-bond acceptors (Lipinski definition) is 4. The average molecular weight is 453 g/mol. The van der Waals surface area contributed by atoms with Crippen molar-refractivity contribution in [3.05, 3.63) is 57.5 Å². The Balaban J connectivity index is 2.35. The fourth-order valence-electron chi connectivity index (χ4n) is 2.50. The molecule has 1 aromatic carbocycles. The van der Waals surface area contributed by atoms with E-state index >= 15 is 0 Å². The van der Waals surface area contributed by atoms with Gasteiger partial charge in [0.2, 0.25) is 0 Å². The highest BCUT2D eigenvalue weighted by molar-refractivity contribution is 7.99. The second-order valence-electron chi connectivity index (χ2n) is 9.80. The molecule has 1 atom stereocenters. The van der Waals surface area contributed by atoms with Crippen molar-refractivity contribution in [2.75, 3.05) is 6.61 Å². The zero-order valence-corrected chi connectivity index (χ0v) is 21.3. The molecule has 160 valence electrons. The molecule has 0 saturated carbocycles. The summed E-state index contributed by atoms with van der Waals surface area (Å²) in [5.41, 5.74) is 0.461. The number of rotatable bonds is 6. The smallest absolute Gasteiger partial charge is 0.287 e. The lowest BCUT2D eigenvalue weighted by Crippen LogP contribution is -2.41. The summed E-state index contributed by atoms with van der Waals surface area (Å²) >= 11 is 8.02. The SMILES string of the molecule is CC(C)(C)n1ncc(SC(CO[Si](C)(C)C(C)(C)C)c2ccccc2)c(Cl)c1=O. The maximum absolute atomic E-state index is 12.7. The van der Waals surface area contributed by atoms with Gasteiger partial charge < -0.3 is 4.43 Å². The molecule has 0 N–H and O–H groups in total. The van der Waals surface area contributed by atoms with Gasteiger partial charge in [-0.15, -0.1) is 11.8 Å². The first-order chi connectivity index (χ1) is 13.2. The van der Waals surface area contributed by atoms with E-state index in [1.54, 1.807) is 18.0 Å². The Hall–Kier alpha value is -1.08. The van der Waals surface area contributed by atoms with E-state index in [4.69, 9.17) is 16.0 Å². The van der Waals surface area contributed by atoms with Crippen LogP contribution in [0.15, 0.2) is 46.2 Å². The molecule has 0 fully saturated rings. The van der Waals surface area contributed by atoms with Crippen LogP contribution in [0.4, 0.5) is 0 Å². The van der Waals surface area contributed by atoms with Crippen LogP contribution >= 0.6 is 23.4 Å². The van der Waals surface area contributed by atoms with Gasteiger partial charge in [-0.3, -0.25) is 4.79 Å². The lowest BCUT2D eigenvalue weighted by atomic mass is 10.1. The fraction of sp³-hybridized carbons (Fsp3) is 0.545. The van der Waals surface area contributed by atoms with Gasteiger partial charge in [0.1, 0.15) is 5.02 Å². The summed E-state index contributed by atoms with van der Waals surface area (Å²) in [6, 6.07) is 10.2. The second-order valence-corrected chi connectivity index (χ2v) is 16.2. The van der Waals surface area contributed by atoms with Gasteiger partial charge in [-0.05, 0) is 44.5 Å². The Morgan fingerprint density at radius 3 is 2.24 bits per heavy atom. The van der Waals surface area contributed by atoms with Crippen LogP contribution in [-0.4, -0.2) is 24.7 Å². The Kier molecular flexibility index (Phi) is 7.47. The lowest BCUT2D eigenvalue weighted by Gasteiger charge is -2.37. The maximum atomic E-state index is 12.7. The summed E-state index contributed by atoms with van der Waals surface area (Å²) in [4.78, 5) is 13.4. The highest BCUT2D eigenvalue weighted by atomic mass is 35.5. The summed E-state index contributed by atoms with van der Waals surface area (Å²) in [7, 11) is -1.90. The van der Waals surface area contributed by atoms with Gasteiger partial charge in [0, 0.05) is 0 Å². The van der Waals surface area contributed by atoms with E-state index in [1.807, 2.05) is 39.0 Å². The molecular formula is C22H33ClN2O2SSi. The van der Waals surface area contributed by atoms with Crippen molar-refractivity contribution < 1.29 is 4.43 Å². The molecule has 1 aromatic heterocycles. The minimum absolute atomic E-state index is 0.0227. The van der Waals surface area contributed by atoms with Gasteiger partial charge in [-0.25, -0.2) is 4.68 Å². The van der Waals surface area contributed by atoms with E-state index in [1.165, 1.54) is 4.68 Å². The molecule has 2 aromatic rings. The predicted octanol–water partition coefficient (Wildman–Crippen LogP) is 6.51. The molecule has 29 heavy (non-hydrogen) atoms. The van der Waals surface area contributed by atoms with Crippen molar-refractivity contribution in [2.24, 2.45) is 0 Å². The van der Waals surface area contributed by atoms with Crippen molar-refractivity contribution in [1.82, 2.24) is 9.78 Å². The van der Waals surface area contributed by atoms with E-state index < -0.39 is 13.9 Å². The van der Waals surface area contributed by atoms with Crippen LogP contribution in [0, 0.1) is 0 Å². The van der Waals surface area contributed by atoms with Crippen LogP contribution < -0.4 is 5.56 Å². The summed E-state index contributed by atoms with van der Waals surface area (Å²) in [5.74, 6) is 0. The van der Waals surface area contributed by atoms with E-state index in [-0.39, 0.29) is 20.9 Å². The molecule has 0 aliphatic carbocycles. The van der Waals surface area contributed by atoms with Crippen molar-refractivity contribution >= 4 is 31.7 Å². The molecule has 2 rings (SSSR count). The zero-order valence-electron chi connectivity index (χ0n) is 18.7. The Labute approximate surface area is 185 Å². The second kappa shape index (κ2) is 8.96. The van der Waals surface area contributed by atoms with Crippen LogP contribution in [0.25, 0.3) is 0 Å². The van der Waals surface area contributed by atoms with Crippen LogP contribution in [0.2, 0.25) is 23.2 Å². The largest absolute Gasteiger partial charge is 0.415 e. The number of nitrogens with zero attached hydrogens (tertiary/aromatic N) is 2. The van der Waals surface area contributed by atoms with Gasteiger partial charge in [0.15, 0.2) is 8.32 Å². The van der Waals surface area contributed by atoms with E-state index in [2.05, 4.69) is 51.1 Å². The third-order valence-corrected chi connectivity index (χ3v) is 11.6. The molecule has 1 heterocycles. The topological polar surface area (TPSA) is 44.1 Å². The van der Waals surface area contributed by atoms with Crippen molar-refractivity contribution in [1.29, 1.82) is 0 Å². The first-order valence-corrected chi connectivity index (χ1v) is 14.0. The van der Waals surface area contributed by atoms with Gasteiger partial charge in [0.25, 0.3) is 5.56 Å². The van der Waals surface area contributed by atoms with Crippen LogP contribution in [0.3, 0.4) is 0 Å². The molecule has 0 radical (unpaired) electrons. The van der Waals surface area contributed by atoms with Crippen molar-refractivity contribution in [3.8, 4) is 0 Å². The lowest BCUT2D eigenvalue weighted by molar-refractivity contribution is 0.289. The Morgan fingerprint density at radius 2 is 1.72 bits per heavy atom. The Morgan fingerprint density at radius 1 is 1.14 bits per heavy atom. The molecule has 0 spiro atoms. The third kappa shape index (κ3) is 5.97. The molecule has 0 saturated heterocycles. The molecule has 4 nitrogen and oxygen atoms in total. The van der Waals surface area contributed by atoms with E-state index in [0.29, 0.717) is 11.5 Å². The van der Waals surface area contributed by atoms with Gasteiger partial charge in [-0.2, -0.15) is 5.10 Å². The molecule has 1 unspecified atom stereocenters. The minimum atomic E-state index is -1.90. The highest BCUT2D eigenvalue weighted by Crippen LogP contribution is 2.41.